The minimum atomic E-state index is -0.499. The number of aryl methyl sites for hydroxylation is 1. The Kier molecular flexibility index (Phi) is 5.76. The molecule has 6 heteroatoms. The van der Waals surface area contributed by atoms with Gasteiger partial charge in [0.2, 0.25) is 0 Å². The summed E-state index contributed by atoms with van der Waals surface area (Å²) < 4.78 is 14.1. The van der Waals surface area contributed by atoms with Gasteiger partial charge in [-0.25, -0.2) is 0 Å². The van der Waals surface area contributed by atoms with E-state index in [1.165, 1.54) is 11.1 Å². The largest absolute Gasteiger partial charge is 0.504 e. The molecule has 3 aromatic carbocycles. The molecule has 2 aliphatic carbocycles. The van der Waals surface area contributed by atoms with Crippen molar-refractivity contribution < 1.29 is 14.6 Å². The number of hydrogen-bond acceptors (Lipinski definition) is 5. The molecule has 1 spiro atoms. The minimum absolute atomic E-state index is 0.189. The van der Waals surface area contributed by atoms with Gasteiger partial charge in [-0.1, -0.05) is 60.1 Å². The Morgan fingerprint density at radius 3 is 2.71 bits per heavy atom. The number of fused-ring (bicyclic) bond motifs is 2. The highest BCUT2D eigenvalue weighted by Gasteiger charge is 2.73. The third-order valence-corrected chi connectivity index (χ3v) is 10.4. The molecule has 4 atom stereocenters. The number of piperidine rings is 1. The van der Waals surface area contributed by atoms with Crippen LogP contribution in [0.3, 0.4) is 0 Å². The Hall–Kier alpha value is -3.38. The molecule has 4 aliphatic rings. The van der Waals surface area contributed by atoms with E-state index in [0.717, 1.165) is 71.6 Å². The second-order valence-electron chi connectivity index (χ2n) is 12.1. The normalized spacial score (nSPS) is 27.2. The molecular formula is C35H33ClN2O3. The molecule has 1 saturated heterocycles. The average Bonchev–Trinajstić information content (AvgIpc) is 3.35. The fourth-order valence-electron chi connectivity index (χ4n) is 8.33. The molecule has 0 amide bonds. The molecule has 4 aromatic rings. The Morgan fingerprint density at radius 2 is 1.88 bits per heavy atom. The smallest absolute Gasteiger partial charge is 0.166 e. The quantitative estimate of drug-likeness (QED) is 0.265. The van der Waals surface area contributed by atoms with Crippen molar-refractivity contribution in [3.8, 4) is 22.6 Å². The van der Waals surface area contributed by atoms with Gasteiger partial charge in [0, 0.05) is 41.4 Å². The van der Waals surface area contributed by atoms with Crippen LogP contribution in [0.4, 0.5) is 0 Å². The van der Waals surface area contributed by atoms with Crippen LogP contribution in [0.2, 0.25) is 5.02 Å². The molecule has 2 aliphatic heterocycles. The van der Waals surface area contributed by atoms with Crippen LogP contribution in [0.5, 0.6) is 11.5 Å². The molecule has 0 radical (unpaired) electrons. The lowest BCUT2D eigenvalue weighted by molar-refractivity contribution is -0.201. The number of pyridine rings is 1. The number of likely N-dealkylation sites (tertiary alicyclic amines) is 1. The first kappa shape index (κ1) is 25.3. The molecule has 41 heavy (non-hydrogen) atoms. The van der Waals surface area contributed by atoms with Crippen LogP contribution >= 0.6 is 11.6 Å². The summed E-state index contributed by atoms with van der Waals surface area (Å²) in [6, 6.07) is 24.9. The van der Waals surface area contributed by atoms with E-state index >= 15 is 0 Å². The second kappa shape index (κ2) is 9.32. The number of nitrogens with zero attached hydrogens (tertiary/aromatic N) is 2. The van der Waals surface area contributed by atoms with Crippen LogP contribution in [0.1, 0.15) is 46.9 Å². The molecule has 1 fully saturated rings. The lowest BCUT2D eigenvalue weighted by Gasteiger charge is -2.64. The maximum absolute atomic E-state index is 11.0. The van der Waals surface area contributed by atoms with E-state index in [1.54, 1.807) is 6.07 Å². The first-order chi connectivity index (χ1) is 20.0. The van der Waals surface area contributed by atoms with Crippen LogP contribution in [0, 0.1) is 0 Å². The zero-order chi connectivity index (χ0) is 27.8. The summed E-state index contributed by atoms with van der Waals surface area (Å²) in [4.78, 5) is 7.58. The Balaban J connectivity index is 1.26. The maximum atomic E-state index is 11.0. The predicted molar refractivity (Wildman–Crippen MR) is 160 cm³/mol. The number of rotatable bonds is 6. The highest BCUT2D eigenvalue weighted by Crippen LogP contribution is 2.69. The van der Waals surface area contributed by atoms with Gasteiger partial charge in [0.15, 0.2) is 17.6 Å². The topological polar surface area (TPSA) is 54.8 Å². The maximum Gasteiger partial charge on any atom is 0.166 e. The minimum Gasteiger partial charge on any atom is -0.504 e. The van der Waals surface area contributed by atoms with Gasteiger partial charge in [0.05, 0.1) is 11.1 Å². The number of halogens is 1. The van der Waals surface area contributed by atoms with E-state index in [2.05, 4.69) is 54.4 Å². The van der Waals surface area contributed by atoms with Crippen LogP contribution in [0.25, 0.3) is 11.1 Å². The first-order valence-corrected chi connectivity index (χ1v) is 15.0. The number of likely N-dealkylation sites (N-methyl/N-ethyl adjacent to an activating group) is 1. The summed E-state index contributed by atoms with van der Waals surface area (Å²) >= 11 is 6.19. The third-order valence-electron chi connectivity index (χ3n) is 10.1. The molecule has 0 saturated carbocycles. The van der Waals surface area contributed by atoms with Gasteiger partial charge in [-0.05, 0) is 85.8 Å². The second-order valence-corrected chi connectivity index (χ2v) is 12.6. The number of ether oxygens (including phenoxy) is 2. The van der Waals surface area contributed by atoms with Gasteiger partial charge in [-0.2, -0.15) is 0 Å². The van der Waals surface area contributed by atoms with Gasteiger partial charge in [-0.3, -0.25) is 4.98 Å². The number of benzene rings is 3. The molecule has 5 nitrogen and oxygen atoms in total. The molecule has 8 rings (SSSR count). The summed E-state index contributed by atoms with van der Waals surface area (Å²) in [7, 11) is 2.24. The molecule has 2 bridgehead atoms. The summed E-state index contributed by atoms with van der Waals surface area (Å²) in [5, 5.41) is 11.8. The van der Waals surface area contributed by atoms with Crippen molar-refractivity contribution in [2.75, 3.05) is 20.2 Å². The van der Waals surface area contributed by atoms with Crippen molar-refractivity contribution in [1.82, 2.24) is 9.88 Å². The van der Waals surface area contributed by atoms with E-state index < -0.39 is 11.0 Å². The number of aromatic nitrogens is 1. The number of phenols is 1. The number of hydrogen-bond donors (Lipinski definition) is 1. The average molecular weight is 565 g/mol. The zero-order valence-electron chi connectivity index (χ0n) is 23.1. The van der Waals surface area contributed by atoms with Crippen LogP contribution in [0.15, 0.2) is 79.0 Å². The Morgan fingerprint density at radius 1 is 1.05 bits per heavy atom. The SMILES string of the molecule is CN1CCC23c4c5ccc(O)c4OC2c2ncc(-c4ccc(Cl)cc4)cc2CC3(OCCCc2ccccc2)C1C5. The van der Waals surface area contributed by atoms with Crippen molar-refractivity contribution >= 4 is 11.6 Å². The van der Waals surface area contributed by atoms with Crippen molar-refractivity contribution in [3.63, 3.8) is 0 Å². The highest BCUT2D eigenvalue weighted by molar-refractivity contribution is 6.30. The standard InChI is InChI=1S/C35H33ClN2O3/c1-38-16-15-34-30-24-11-14-28(39)32(30)41-33(34)31-25(18-26(21-37-31)23-9-12-27(36)13-10-23)20-35(34,29(38)19-24)40-17-5-8-22-6-3-2-4-7-22/h2-4,6-7,9-14,18,21,29,33,39H,5,8,15-17,19-20H2,1H3. The van der Waals surface area contributed by atoms with Gasteiger partial charge < -0.3 is 19.5 Å². The van der Waals surface area contributed by atoms with E-state index in [9.17, 15) is 5.11 Å². The molecule has 4 unspecified atom stereocenters. The summed E-state index contributed by atoms with van der Waals surface area (Å²) in [5.41, 5.74) is 7.13. The van der Waals surface area contributed by atoms with E-state index in [-0.39, 0.29) is 17.9 Å². The molecule has 1 aromatic heterocycles. The van der Waals surface area contributed by atoms with Crippen LogP contribution in [-0.4, -0.2) is 46.8 Å². The third kappa shape index (κ3) is 3.59. The van der Waals surface area contributed by atoms with Gasteiger partial charge in [0.1, 0.15) is 5.60 Å². The summed E-state index contributed by atoms with van der Waals surface area (Å²) in [6.07, 6.45) is 6.09. The first-order valence-electron chi connectivity index (χ1n) is 14.6. The Labute approximate surface area is 245 Å². The molecule has 3 heterocycles. The fourth-order valence-corrected chi connectivity index (χ4v) is 8.46. The predicted octanol–water partition coefficient (Wildman–Crippen LogP) is 6.68. The van der Waals surface area contributed by atoms with Crippen molar-refractivity contribution in [2.24, 2.45) is 0 Å². The molecule has 208 valence electrons. The molecular weight excluding hydrogens is 532 g/mol. The van der Waals surface area contributed by atoms with Gasteiger partial charge in [0.25, 0.3) is 0 Å². The number of aromatic hydroxyl groups is 1. The van der Waals surface area contributed by atoms with Gasteiger partial charge in [-0.15, -0.1) is 0 Å². The van der Waals surface area contributed by atoms with Crippen molar-refractivity contribution in [2.45, 2.75) is 55.3 Å². The van der Waals surface area contributed by atoms with Crippen molar-refractivity contribution in [1.29, 1.82) is 0 Å². The zero-order valence-corrected chi connectivity index (χ0v) is 23.9. The lowest BCUT2D eigenvalue weighted by Crippen LogP contribution is -2.75. The molecule has 1 N–H and O–H groups in total. The van der Waals surface area contributed by atoms with Gasteiger partial charge >= 0.3 is 0 Å². The highest BCUT2D eigenvalue weighted by atomic mass is 35.5. The lowest BCUT2D eigenvalue weighted by atomic mass is 9.48. The van der Waals surface area contributed by atoms with Crippen LogP contribution < -0.4 is 4.74 Å². The summed E-state index contributed by atoms with van der Waals surface area (Å²) in [6.45, 7) is 1.61. The monoisotopic (exact) mass is 564 g/mol. The number of phenolic OH excluding ortho intramolecular Hbond substituents is 1. The van der Waals surface area contributed by atoms with E-state index in [1.807, 2.05) is 30.5 Å². The summed E-state index contributed by atoms with van der Waals surface area (Å²) in [5.74, 6) is 0.839. The van der Waals surface area contributed by atoms with E-state index in [4.69, 9.17) is 26.1 Å². The Bertz CT molecular complexity index is 1640. The van der Waals surface area contributed by atoms with Crippen LogP contribution in [-0.2, 0) is 29.4 Å². The van der Waals surface area contributed by atoms with Crippen molar-refractivity contribution in [3.05, 3.63) is 112 Å². The van der Waals surface area contributed by atoms with E-state index in [0.29, 0.717) is 12.4 Å². The fraction of sp³-hybridized carbons (Fsp3) is 0.343.